The van der Waals surface area contributed by atoms with E-state index < -0.39 is 0 Å². The van der Waals surface area contributed by atoms with Gasteiger partial charge in [-0.1, -0.05) is 23.7 Å². The summed E-state index contributed by atoms with van der Waals surface area (Å²) in [7, 11) is 0. The van der Waals surface area contributed by atoms with Gasteiger partial charge in [0, 0.05) is 22.0 Å². The summed E-state index contributed by atoms with van der Waals surface area (Å²) in [5.41, 5.74) is 1.78. The molecule has 2 aromatic carbocycles. The van der Waals surface area contributed by atoms with Crippen molar-refractivity contribution < 1.29 is 9.59 Å². The molecular formula is C18H13ClN2O2S. The van der Waals surface area contributed by atoms with Gasteiger partial charge in [0.05, 0.1) is 4.88 Å². The van der Waals surface area contributed by atoms with Crippen LogP contribution in [0.15, 0.2) is 66.0 Å². The van der Waals surface area contributed by atoms with Crippen molar-refractivity contribution in [3.63, 3.8) is 0 Å². The fourth-order valence-corrected chi connectivity index (χ4v) is 2.88. The Balaban J connectivity index is 1.64. The fourth-order valence-electron chi connectivity index (χ4n) is 2.07. The number of thiophene rings is 1. The molecular weight excluding hydrogens is 344 g/mol. The predicted molar refractivity (Wildman–Crippen MR) is 98.1 cm³/mol. The maximum atomic E-state index is 12.1. The number of nitrogens with one attached hydrogen (secondary N) is 2. The SMILES string of the molecule is O=C(Nc1ccc(NC(=O)c2cccs2)cc1)c1cccc(Cl)c1. The Morgan fingerprint density at radius 2 is 1.50 bits per heavy atom. The van der Waals surface area contributed by atoms with Crippen molar-refractivity contribution >= 4 is 46.1 Å². The summed E-state index contributed by atoms with van der Waals surface area (Å²) in [6.45, 7) is 0. The van der Waals surface area contributed by atoms with Crippen LogP contribution < -0.4 is 10.6 Å². The molecule has 0 saturated carbocycles. The zero-order chi connectivity index (χ0) is 16.9. The lowest BCUT2D eigenvalue weighted by atomic mass is 10.2. The molecule has 2 amide bonds. The van der Waals surface area contributed by atoms with Crippen LogP contribution in [0.3, 0.4) is 0 Å². The first-order valence-electron chi connectivity index (χ1n) is 7.14. The third kappa shape index (κ3) is 4.01. The summed E-state index contributed by atoms with van der Waals surface area (Å²) < 4.78 is 0. The van der Waals surface area contributed by atoms with Crippen LogP contribution in [0.1, 0.15) is 20.0 Å². The quantitative estimate of drug-likeness (QED) is 0.698. The van der Waals surface area contributed by atoms with Gasteiger partial charge in [-0.15, -0.1) is 11.3 Å². The molecule has 0 atom stereocenters. The molecule has 0 radical (unpaired) electrons. The van der Waals surface area contributed by atoms with E-state index in [0.29, 0.717) is 26.8 Å². The molecule has 0 saturated heterocycles. The lowest BCUT2D eigenvalue weighted by Gasteiger charge is -2.08. The van der Waals surface area contributed by atoms with Crippen molar-refractivity contribution in [1.29, 1.82) is 0 Å². The molecule has 120 valence electrons. The lowest BCUT2D eigenvalue weighted by Crippen LogP contribution is -2.12. The van der Waals surface area contributed by atoms with Gasteiger partial charge in [0.2, 0.25) is 0 Å². The summed E-state index contributed by atoms with van der Waals surface area (Å²) in [5, 5.41) is 7.95. The molecule has 0 unspecified atom stereocenters. The van der Waals surface area contributed by atoms with Gasteiger partial charge in [-0.3, -0.25) is 9.59 Å². The summed E-state index contributed by atoms with van der Waals surface area (Å²) >= 11 is 7.26. The summed E-state index contributed by atoms with van der Waals surface area (Å²) in [6, 6.07) is 17.2. The molecule has 0 aliphatic heterocycles. The van der Waals surface area contributed by atoms with Gasteiger partial charge in [0.25, 0.3) is 11.8 Å². The van der Waals surface area contributed by atoms with Gasteiger partial charge < -0.3 is 10.6 Å². The van der Waals surface area contributed by atoms with Crippen LogP contribution in [0.2, 0.25) is 5.02 Å². The number of carbonyl (C=O) groups excluding carboxylic acids is 2. The smallest absolute Gasteiger partial charge is 0.265 e. The molecule has 1 aromatic heterocycles. The van der Waals surface area contributed by atoms with Crippen LogP contribution in [0, 0.1) is 0 Å². The zero-order valence-electron chi connectivity index (χ0n) is 12.5. The van der Waals surface area contributed by atoms with E-state index in [-0.39, 0.29) is 11.8 Å². The van der Waals surface area contributed by atoms with Gasteiger partial charge in [-0.05, 0) is 53.9 Å². The first-order valence-corrected chi connectivity index (χ1v) is 8.39. The summed E-state index contributed by atoms with van der Waals surface area (Å²) in [6.07, 6.45) is 0. The average molecular weight is 357 g/mol. The third-order valence-corrected chi connectivity index (χ3v) is 4.34. The topological polar surface area (TPSA) is 58.2 Å². The number of benzene rings is 2. The number of rotatable bonds is 4. The van der Waals surface area contributed by atoms with E-state index in [0.717, 1.165) is 0 Å². The second-order valence-corrected chi connectivity index (χ2v) is 6.36. The number of halogens is 1. The maximum Gasteiger partial charge on any atom is 0.265 e. The van der Waals surface area contributed by atoms with E-state index in [1.807, 2.05) is 11.4 Å². The molecule has 0 fully saturated rings. The highest BCUT2D eigenvalue weighted by Crippen LogP contribution is 2.18. The first kappa shape index (κ1) is 16.2. The molecule has 0 aliphatic carbocycles. The standard InChI is InChI=1S/C18H13ClN2O2S/c19-13-4-1-3-12(11-13)17(22)20-14-6-8-15(9-7-14)21-18(23)16-5-2-10-24-16/h1-11H,(H,20,22)(H,21,23). The average Bonchev–Trinajstić information content (AvgIpc) is 3.11. The molecule has 0 bridgehead atoms. The van der Waals surface area contributed by atoms with Crippen LogP contribution in [-0.4, -0.2) is 11.8 Å². The molecule has 2 N–H and O–H groups in total. The largest absolute Gasteiger partial charge is 0.322 e. The molecule has 24 heavy (non-hydrogen) atoms. The van der Waals surface area contributed by atoms with Crippen molar-refractivity contribution in [2.45, 2.75) is 0 Å². The molecule has 3 rings (SSSR count). The minimum atomic E-state index is -0.243. The van der Waals surface area contributed by atoms with E-state index in [9.17, 15) is 9.59 Å². The van der Waals surface area contributed by atoms with Gasteiger partial charge in [-0.2, -0.15) is 0 Å². The van der Waals surface area contributed by atoms with E-state index >= 15 is 0 Å². The van der Waals surface area contributed by atoms with Crippen molar-refractivity contribution in [2.75, 3.05) is 10.6 Å². The van der Waals surface area contributed by atoms with E-state index in [2.05, 4.69) is 10.6 Å². The zero-order valence-corrected chi connectivity index (χ0v) is 14.0. The molecule has 4 nitrogen and oxygen atoms in total. The van der Waals surface area contributed by atoms with Crippen LogP contribution in [0.4, 0.5) is 11.4 Å². The number of amides is 2. The van der Waals surface area contributed by atoms with Crippen LogP contribution in [0.5, 0.6) is 0 Å². The van der Waals surface area contributed by atoms with Crippen molar-refractivity contribution in [3.05, 3.63) is 81.5 Å². The maximum absolute atomic E-state index is 12.1. The molecule has 0 spiro atoms. The monoisotopic (exact) mass is 356 g/mol. The third-order valence-electron chi connectivity index (χ3n) is 3.23. The van der Waals surface area contributed by atoms with Gasteiger partial charge in [-0.25, -0.2) is 0 Å². The number of hydrogen-bond acceptors (Lipinski definition) is 3. The van der Waals surface area contributed by atoms with E-state index in [4.69, 9.17) is 11.6 Å². The van der Waals surface area contributed by atoms with E-state index in [1.165, 1.54) is 11.3 Å². The minimum Gasteiger partial charge on any atom is -0.322 e. The second kappa shape index (κ2) is 7.29. The Hall–Kier alpha value is -2.63. The van der Waals surface area contributed by atoms with Gasteiger partial charge in [0.15, 0.2) is 0 Å². The van der Waals surface area contributed by atoms with Crippen molar-refractivity contribution in [1.82, 2.24) is 0 Å². The first-order chi connectivity index (χ1) is 11.6. The van der Waals surface area contributed by atoms with Gasteiger partial charge in [0.1, 0.15) is 0 Å². The lowest BCUT2D eigenvalue weighted by molar-refractivity contribution is 0.102. The van der Waals surface area contributed by atoms with Gasteiger partial charge >= 0.3 is 0 Å². The number of carbonyl (C=O) groups is 2. The van der Waals surface area contributed by atoms with Crippen LogP contribution >= 0.6 is 22.9 Å². The Morgan fingerprint density at radius 1 is 0.833 bits per heavy atom. The molecule has 3 aromatic rings. The number of anilines is 2. The summed E-state index contributed by atoms with van der Waals surface area (Å²) in [4.78, 5) is 24.8. The van der Waals surface area contributed by atoms with Crippen LogP contribution in [0.25, 0.3) is 0 Å². The predicted octanol–water partition coefficient (Wildman–Crippen LogP) is 4.91. The molecule has 0 aliphatic rings. The Kier molecular flexibility index (Phi) is 4.93. The Morgan fingerprint density at radius 3 is 2.08 bits per heavy atom. The fraction of sp³-hybridized carbons (Fsp3) is 0. The highest BCUT2D eigenvalue weighted by Gasteiger charge is 2.08. The van der Waals surface area contributed by atoms with E-state index in [1.54, 1.807) is 54.6 Å². The van der Waals surface area contributed by atoms with Crippen LogP contribution in [-0.2, 0) is 0 Å². The second-order valence-electron chi connectivity index (χ2n) is 4.97. The Labute approximate surface area is 148 Å². The van der Waals surface area contributed by atoms with Crippen molar-refractivity contribution in [2.24, 2.45) is 0 Å². The Bertz CT molecular complexity index is 861. The summed E-state index contributed by atoms with van der Waals surface area (Å²) in [5.74, 6) is -0.395. The molecule has 1 heterocycles. The van der Waals surface area contributed by atoms with Crippen molar-refractivity contribution in [3.8, 4) is 0 Å². The minimum absolute atomic E-state index is 0.152. The molecule has 6 heteroatoms. The highest BCUT2D eigenvalue weighted by atomic mass is 35.5. The normalized spacial score (nSPS) is 10.2. The highest BCUT2D eigenvalue weighted by molar-refractivity contribution is 7.12. The number of hydrogen-bond donors (Lipinski definition) is 2.